The average Bonchev–Trinajstić information content (AvgIpc) is 2.62. The van der Waals surface area contributed by atoms with E-state index in [9.17, 15) is 0 Å². The van der Waals surface area contributed by atoms with Gasteiger partial charge in [-0.2, -0.15) is 0 Å². The molecular weight excluding hydrogens is 316 g/mol. The number of benzene rings is 2. The van der Waals surface area contributed by atoms with Crippen LogP contribution in [0.3, 0.4) is 0 Å². The molecule has 2 rings (SSSR count). The second-order valence-electron chi connectivity index (χ2n) is 7.87. The van der Waals surface area contributed by atoms with Crippen LogP contribution in [0.25, 0.3) is 17.2 Å². The maximum Gasteiger partial charge on any atom is 0.119 e. The van der Waals surface area contributed by atoms with Crippen LogP contribution in [-0.4, -0.2) is 6.61 Å². The fraction of sp³-hybridized carbons (Fsp3) is 0.440. The summed E-state index contributed by atoms with van der Waals surface area (Å²) < 4.78 is 5.95. The molecule has 0 radical (unpaired) electrons. The molecule has 0 amide bonds. The van der Waals surface area contributed by atoms with Gasteiger partial charge in [0.25, 0.3) is 0 Å². The van der Waals surface area contributed by atoms with E-state index < -0.39 is 0 Å². The molecule has 140 valence electrons. The molecule has 0 saturated carbocycles. The third-order valence-electron chi connectivity index (χ3n) is 5.02. The lowest BCUT2D eigenvalue weighted by Crippen LogP contribution is -2.04. The molecular formula is C25H34O. The van der Waals surface area contributed by atoms with Crippen molar-refractivity contribution in [2.75, 3.05) is 6.61 Å². The Morgan fingerprint density at radius 1 is 0.962 bits per heavy atom. The quantitative estimate of drug-likeness (QED) is 0.430. The Morgan fingerprint density at radius 3 is 2.35 bits per heavy atom. The number of rotatable bonds is 10. The summed E-state index contributed by atoms with van der Waals surface area (Å²) in [4.78, 5) is 0. The smallest absolute Gasteiger partial charge is 0.119 e. The Labute approximate surface area is 160 Å². The van der Waals surface area contributed by atoms with Gasteiger partial charge in [-0.3, -0.25) is 0 Å². The van der Waals surface area contributed by atoms with Crippen molar-refractivity contribution in [3.8, 4) is 16.9 Å². The van der Waals surface area contributed by atoms with E-state index in [1.54, 1.807) is 0 Å². The molecule has 1 heteroatoms. The van der Waals surface area contributed by atoms with Crippen molar-refractivity contribution in [1.29, 1.82) is 0 Å². The molecule has 0 spiro atoms. The van der Waals surface area contributed by atoms with Crippen LogP contribution in [0.1, 0.15) is 57.6 Å². The van der Waals surface area contributed by atoms with E-state index in [2.05, 4.69) is 76.7 Å². The summed E-state index contributed by atoms with van der Waals surface area (Å²) in [6.07, 6.45) is 6.98. The first-order chi connectivity index (χ1) is 12.5. The fourth-order valence-corrected chi connectivity index (χ4v) is 3.21. The molecule has 2 aromatic carbocycles. The Morgan fingerprint density at radius 2 is 1.69 bits per heavy atom. The number of aryl methyl sites for hydroxylation is 1. The number of ether oxygens (including phenoxy) is 1. The maximum absolute atomic E-state index is 5.95. The van der Waals surface area contributed by atoms with Crippen molar-refractivity contribution in [2.45, 2.75) is 53.4 Å². The molecule has 0 aliphatic carbocycles. The van der Waals surface area contributed by atoms with E-state index in [-0.39, 0.29) is 0 Å². The van der Waals surface area contributed by atoms with Crippen LogP contribution in [-0.2, 0) is 0 Å². The zero-order valence-electron chi connectivity index (χ0n) is 16.9. The highest BCUT2D eigenvalue weighted by atomic mass is 16.5. The van der Waals surface area contributed by atoms with Crippen molar-refractivity contribution in [1.82, 2.24) is 0 Å². The van der Waals surface area contributed by atoms with Gasteiger partial charge in [-0.1, -0.05) is 77.0 Å². The Hall–Kier alpha value is -2.02. The van der Waals surface area contributed by atoms with Crippen molar-refractivity contribution in [2.24, 2.45) is 11.8 Å². The molecule has 2 aromatic rings. The first-order valence-electron chi connectivity index (χ1n) is 9.96. The zero-order valence-corrected chi connectivity index (χ0v) is 16.9. The van der Waals surface area contributed by atoms with E-state index in [1.165, 1.54) is 36.0 Å². The zero-order chi connectivity index (χ0) is 18.9. The number of hydrogen-bond acceptors (Lipinski definition) is 1. The van der Waals surface area contributed by atoms with E-state index in [0.29, 0.717) is 0 Å². The molecule has 0 fully saturated rings. The maximum atomic E-state index is 5.95. The summed E-state index contributed by atoms with van der Waals surface area (Å²) in [5, 5.41) is 0. The van der Waals surface area contributed by atoms with Crippen LogP contribution in [0.2, 0.25) is 0 Å². The molecule has 0 aromatic heterocycles. The summed E-state index contributed by atoms with van der Waals surface area (Å²) >= 11 is 0. The van der Waals surface area contributed by atoms with Crippen molar-refractivity contribution < 1.29 is 4.74 Å². The topological polar surface area (TPSA) is 9.23 Å². The standard InChI is InChI=1S/C25H34O/c1-6-22-11-10-21(5)25(18-22)23-12-14-24(15-13-23)26-17-16-20(4)9-7-8-19(2)3/h6,10-15,18-20H,1,7-9,16-17H2,2-5H3. The lowest BCUT2D eigenvalue weighted by atomic mass is 9.97. The predicted molar refractivity (Wildman–Crippen MR) is 115 cm³/mol. The van der Waals surface area contributed by atoms with E-state index in [4.69, 9.17) is 4.74 Å². The SMILES string of the molecule is C=Cc1ccc(C)c(-c2ccc(OCCC(C)CCCC(C)C)cc2)c1. The highest BCUT2D eigenvalue weighted by Gasteiger charge is 2.06. The Kier molecular flexibility index (Phi) is 7.97. The molecule has 0 aliphatic heterocycles. The molecule has 0 saturated heterocycles. The first-order valence-corrected chi connectivity index (χ1v) is 9.96. The van der Waals surface area contributed by atoms with Crippen molar-refractivity contribution in [3.05, 3.63) is 60.2 Å². The summed E-state index contributed by atoms with van der Waals surface area (Å²) in [6.45, 7) is 13.7. The second-order valence-corrected chi connectivity index (χ2v) is 7.87. The number of hydrogen-bond donors (Lipinski definition) is 0. The van der Waals surface area contributed by atoms with Crippen LogP contribution in [0.15, 0.2) is 49.0 Å². The van der Waals surface area contributed by atoms with Crippen molar-refractivity contribution in [3.63, 3.8) is 0 Å². The van der Waals surface area contributed by atoms with Gasteiger partial charge in [0.15, 0.2) is 0 Å². The van der Waals surface area contributed by atoms with Crippen LogP contribution >= 0.6 is 0 Å². The van der Waals surface area contributed by atoms with Gasteiger partial charge in [0, 0.05) is 0 Å². The van der Waals surface area contributed by atoms with Gasteiger partial charge in [0.2, 0.25) is 0 Å². The van der Waals surface area contributed by atoms with Gasteiger partial charge < -0.3 is 4.74 Å². The van der Waals surface area contributed by atoms with Crippen LogP contribution in [0, 0.1) is 18.8 Å². The molecule has 1 unspecified atom stereocenters. The molecule has 26 heavy (non-hydrogen) atoms. The minimum absolute atomic E-state index is 0.734. The van der Waals surface area contributed by atoms with Gasteiger partial charge in [-0.05, 0) is 65.6 Å². The molecule has 0 heterocycles. The van der Waals surface area contributed by atoms with E-state index in [1.807, 2.05) is 6.08 Å². The fourth-order valence-electron chi connectivity index (χ4n) is 3.21. The van der Waals surface area contributed by atoms with Crippen LogP contribution < -0.4 is 4.74 Å². The first kappa shape index (κ1) is 20.3. The van der Waals surface area contributed by atoms with Gasteiger partial charge in [-0.25, -0.2) is 0 Å². The molecule has 1 atom stereocenters. The highest BCUT2D eigenvalue weighted by Crippen LogP contribution is 2.27. The van der Waals surface area contributed by atoms with Gasteiger partial charge in [0.1, 0.15) is 5.75 Å². The summed E-state index contributed by atoms with van der Waals surface area (Å²) in [5.74, 6) is 2.51. The van der Waals surface area contributed by atoms with Crippen LogP contribution in [0.5, 0.6) is 5.75 Å². The largest absolute Gasteiger partial charge is 0.494 e. The monoisotopic (exact) mass is 350 g/mol. The third kappa shape index (κ3) is 6.37. The Balaban J connectivity index is 1.85. The van der Waals surface area contributed by atoms with Gasteiger partial charge in [-0.15, -0.1) is 0 Å². The molecule has 1 nitrogen and oxygen atoms in total. The highest BCUT2D eigenvalue weighted by molar-refractivity contribution is 5.70. The minimum atomic E-state index is 0.734. The van der Waals surface area contributed by atoms with Gasteiger partial charge >= 0.3 is 0 Å². The van der Waals surface area contributed by atoms with Gasteiger partial charge in [0.05, 0.1) is 6.61 Å². The lowest BCUT2D eigenvalue weighted by Gasteiger charge is -2.13. The Bertz CT molecular complexity index is 682. The summed E-state index contributed by atoms with van der Waals surface area (Å²) in [5.41, 5.74) is 4.91. The van der Waals surface area contributed by atoms with Crippen molar-refractivity contribution >= 4 is 6.08 Å². The molecule has 0 N–H and O–H groups in total. The second kappa shape index (κ2) is 10.2. The molecule has 0 bridgehead atoms. The van der Waals surface area contributed by atoms with E-state index >= 15 is 0 Å². The summed E-state index contributed by atoms with van der Waals surface area (Å²) in [7, 11) is 0. The lowest BCUT2D eigenvalue weighted by molar-refractivity contribution is 0.276. The molecule has 0 aliphatic rings. The third-order valence-corrected chi connectivity index (χ3v) is 5.02. The van der Waals surface area contributed by atoms with E-state index in [0.717, 1.165) is 36.2 Å². The normalized spacial score (nSPS) is 12.2. The minimum Gasteiger partial charge on any atom is -0.494 e. The van der Waals surface area contributed by atoms with Crippen LogP contribution in [0.4, 0.5) is 0 Å². The summed E-state index contributed by atoms with van der Waals surface area (Å²) in [6, 6.07) is 14.9. The predicted octanol–water partition coefficient (Wildman–Crippen LogP) is 7.54. The average molecular weight is 351 g/mol.